The first-order valence-corrected chi connectivity index (χ1v) is 8.81. The average molecular weight is 357 g/mol. The number of thiophene rings is 1. The number of nitrogens with zero attached hydrogens (tertiary/aromatic N) is 2. The van der Waals surface area contributed by atoms with Gasteiger partial charge in [0.05, 0.1) is 23.4 Å². The number of aromatic nitrogens is 2. The summed E-state index contributed by atoms with van der Waals surface area (Å²) in [6.45, 7) is 2.37. The maximum absolute atomic E-state index is 12.3. The first-order valence-electron chi connectivity index (χ1n) is 7.99. The molecule has 2 heterocycles. The highest BCUT2D eigenvalue weighted by Gasteiger charge is 2.17. The monoisotopic (exact) mass is 357 g/mol. The molecule has 3 rings (SSSR count). The van der Waals surface area contributed by atoms with E-state index >= 15 is 0 Å². The van der Waals surface area contributed by atoms with Crippen LogP contribution in [0.5, 0.6) is 0 Å². The molecule has 1 N–H and O–H groups in total. The van der Waals surface area contributed by atoms with E-state index < -0.39 is 0 Å². The molecular formula is C18H19N3O3S. The summed E-state index contributed by atoms with van der Waals surface area (Å²) in [7, 11) is 1.36. The maximum atomic E-state index is 12.3. The van der Waals surface area contributed by atoms with Crippen molar-refractivity contribution in [2.24, 2.45) is 0 Å². The molecule has 0 aliphatic heterocycles. The first-order chi connectivity index (χ1) is 12.1. The third-order valence-electron chi connectivity index (χ3n) is 3.84. The fourth-order valence-electron chi connectivity index (χ4n) is 2.53. The van der Waals surface area contributed by atoms with Crippen molar-refractivity contribution in [1.29, 1.82) is 0 Å². The summed E-state index contributed by atoms with van der Waals surface area (Å²) in [6, 6.07) is 11.7. The minimum atomic E-state index is -0.269. The molecule has 0 saturated heterocycles. The molecular weight excluding hydrogens is 338 g/mol. The number of carbonyl (C=O) groups excluding carboxylic acids is 2. The van der Waals surface area contributed by atoms with Crippen molar-refractivity contribution in [1.82, 2.24) is 15.1 Å². The number of esters is 1. The SMILES string of the molecule is COC(=O)CCCNC(=O)c1cc2c(C)nn(-c3ccccc3)c2s1. The van der Waals surface area contributed by atoms with Crippen LogP contribution < -0.4 is 5.32 Å². The molecule has 25 heavy (non-hydrogen) atoms. The highest BCUT2D eigenvalue weighted by atomic mass is 32.1. The molecule has 0 saturated carbocycles. The quantitative estimate of drug-likeness (QED) is 0.543. The summed E-state index contributed by atoms with van der Waals surface area (Å²) < 4.78 is 6.44. The van der Waals surface area contributed by atoms with Gasteiger partial charge in [-0.3, -0.25) is 9.59 Å². The molecule has 0 aliphatic rings. The summed E-state index contributed by atoms with van der Waals surface area (Å²) in [4.78, 5) is 25.0. The maximum Gasteiger partial charge on any atom is 0.305 e. The van der Waals surface area contributed by atoms with E-state index in [4.69, 9.17) is 0 Å². The van der Waals surface area contributed by atoms with Crippen LogP contribution in [-0.2, 0) is 9.53 Å². The van der Waals surface area contributed by atoms with Gasteiger partial charge in [0.25, 0.3) is 5.91 Å². The smallest absolute Gasteiger partial charge is 0.305 e. The molecule has 7 heteroatoms. The van der Waals surface area contributed by atoms with Gasteiger partial charge in [-0.05, 0) is 31.5 Å². The third kappa shape index (κ3) is 3.71. The second-order valence-electron chi connectivity index (χ2n) is 5.60. The largest absolute Gasteiger partial charge is 0.469 e. The number of carbonyl (C=O) groups is 2. The number of amides is 1. The molecule has 0 atom stereocenters. The van der Waals surface area contributed by atoms with Crippen LogP contribution >= 0.6 is 11.3 Å². The fourth-order valence-corrected chi connectivity index (χ4v) is 3.63. The van der Waals surface area contributed by atoms with Gasteiger partial charge in [-0.2, -0.15) is 5.10 Å². The van der Waals surface area contributed by atoms with Gasteiger partial charge in [0.2, 0.25) is 0 Å². The third-order valence-corrected chi connectivity index (χ3v) is 4.95. The first kappa shape index (κ1) is 17.2. The number of methoxy groups -OCH3 is 1. The lowest BCUT2D eigenvalue weighted by molar-refractivity contribution is -0.140. The Balaban J connectivity index is 1.75. The molecule has 1 aromatic carbocycles. The van der Waals surface area contributed by atoms with Crippen molar-refractivity contribution in [2.45, 2.75) is 19.8 Å². The average Bonchev–Trinajstić information content (AvgIpc) is 3.20. The number of benzene rings is 1. The van der Waals surface area contributed by atoms with E-state index in [1.807, 2.05) is 48.0 Å². The number of nitrogens with one attached hydrogen (secondary N) is 1. The Kier molecular flexibility index (Phi) is 5.14. The van der Waals surface area contributed by atoms with E-state index in [2.05, 4.69) is 15.2 Å². The van der Waals surface area contributed by atoms with Crippen molar-refractivity contribution >= 4 is 33.4 Å². The Hall–Kier alpha value is -2.67. The summed E-state index contributed by atoms with van der Waals surface area (Å²) in [5.74, 6) is -0.403. The molecule has 130 valence electrons. The number of hydrogen-bond donors (Lipinski definition) is 1. The van der Waals surface area contributed by atoms with Gasteiger partial charge in [0.1, 0.15) is 4.83 Å². The Morgan fingerprint density at radius 2 is 2.04 bits per heavy atom. The number of rotatable bonds is 6. The predicted molar refractivity (Wildman–Crippen MR) is 97.3 cm³/mol. The van der Waals surface area contributed by atoms with E-state index in [1.165, 1.54) is 18.4 Å². The number of para-hydroxylation sites is 1. The number of hydrogen-bond acceptors (Lipinski definition) is 5. The molecule has 0 fully saturated rings. The standard InChI is InChI=1S/C18H19N3O3S/c1-12-14-11-15(17(23)19-10-6-9-16(22)24-2)25-18(14)21(20-12)13-7-4-3-5-8-13/h3-5,7-8,11H,6,9-10H2,1-2H3,(H,19,23). The summed E-state index contributed by atoms with van der Waals surface area (Å²) in [5, 5.41) is 8.39. The van der Waals surface area contributed by atoms with E-state index in [-0.39, 0.29) is 11.9 Å². The van der Waals surface area contributed by atoms with E-state index in [0.29, 0.717) is 24.3 Å². The highest BCUT2D eigenvalue weighted by Crippen LogP contribution is 2.30. The zero-order valence-corrected chi connectivity index (χ0v) is 14.9. The topological polar surface area (TPSA) is 73.2 Å². The molecule has 2 aromatic heterocycles. The van der Waals surface area contributed by atoms with Gasteiger partial charge in [-0.1, -0.05) is 18.2 Å². The van der Waals surface area contributed by atoms with Crippen LogP contribution in [0.3, 0.4) is 0 Å². The van der Waals surface area contributed by atoms with Gasteiger partial charge in [0, 0.05) is 18.4 Å². The second kappa shape index (κ2) is 7.48. The Labute approximate surface area is 149 Å². The Morgan fingerprint density at radius 3 is 2.76 bits per heavy atom. The van der Waals surface area contributed by atoms with Crippen LogP contribution in [0.15, 0.2) is 36.4 Å². The molecule has 3 aromatic rings. The molecule has 0 spiro atoms. The number of fused-ring (bicyclic) bond motifs is 1. The molecule has 0 unspecified atom stereocenters. The van der Waals surface area contributed by atoms with Crippen molar-refractivity contribution in [2.75, 3.05) is 13.7 Å². The Bertz CT molecular complexity index is 899. The second-order valence-corrected chi connectivity index (χ2v) is 6.63. The zero-order valence-electron chi connectivity index (χ0n) is 14.1. The van der Waals surface area contributed by atoms with Crippen molar-refractivity contribution in [3.05, 3.63) is 47.0 Å². The summed E-state index contributed by atoms with van der Waals surface area (Å²) in [6.07, 6.45) is 0.853. The van der Waals surface area contributed by atoms with Gasteiger partial charge < -0.3 is 10.1 Å². The van der Waals surface area contributed by atoms with Gasteiger partial charge in [0.15, 0.2) is 0 Å². The summed E-state index contributed by atoms with van der Waals surface area (Å²) >= 11 is 1.41. The molecule has 6 nitrogen and oxygen atoms in total. The lowest BCUT2D eigenvalue weighted by atomic mass is 10.3. The molecule has 0 radical (unpaired) electrons. The van der Waals surface area contributed by atoms with Crippen LogP contribution in [0.25, 0.3) is 15.9 Å². The Morgan fingerprint density at radius 1 is 1.28 bits per heavy atom. The van der Waals surface area contributed by atoms with Crippen LogP contribution in [-0.4, -0.2) is 35.3 Å². The summed E-state index contributed by atoms with van der Waals surface area (Å²) in [5.41, 5.74) is 1.85. The minimum Gasteiger partial charge on any atom is -0.469 e. The van der Waals surface area contributed by atoms with Gasteiger partial charge >= 0.3 is 5.97 Å². The number of ether oxygens (including phenoxy) is 1. The van der Waals surface area contributed by atoms with Crippen molar-refractivity contribution < 1.29 is 14.3 Å². The van der Waals surface area contributed by atoms with Crippen LogP contribution in [0.1, 0.15) is 28.2 Å². The highest BCUT2D eigenvalue weighted by molar-refractivity contribution is 7.20. The van der Waals surface area contributed by atoms with Crippen molar-refractivity contribution in [3.8, 4) is 5.69 Å². The van der Waals surface area contributed by atoms with E-state index in [1.54, 1.807) is 0 Å². The zero-order chi connectivity index (χ0) is 17.8. The van der Waals surface area contributed by atoms with E-state index in [0.717, 1.165) is 21.6 Å². The van der Waals surface area contributed by atoms with Crippen LogP contribution in [0.4, 0.5) is 0 Å². The van der Waals surface area contributed by atoms with E-state index in [9.17, 15) is 9.59 Å². The number of aryl methyl sites for hydroxylation is 1. The normalized spacial score (nSPS) is 10.8. The van der Waals surface area contributed by atoms with Crippen LogP contribution in [0.2, 0.25) is 0 Å². The fraction of sp³-hybridized carbons (Fsp3) is 0.278. The lowest BCUT2D eigenvalue weighted by Gasteiger charge is -2.03. The predicted octanol–water partition coefficient (Wildman–Crippen LogP) is 3.08. The van der Waals surface area contributed by atoms with Crippen LogP contribution in [0, 0.1) is 6.92 Å². The molecule has 0 aliphatic carbocycles. The lowest BCUT2D eigenvalue weighted by Crippen LogP contribution is -2.24. The molecule has 0 bridgehead atoms. The minimum absolute atomic E-state index is 0.134. The van der Waals surface area contributed by atoms with Crippen molar-refractivity contribution in [3.63, 3.8) is 0 Å². The van der Waals surface area contributed by atoms with Gasteiger partial charge in [-0.25, -0.2) is 4.68 Å². The van der Waals surface area contributed by atoms with Gasteiger partial charge in [-0.15, -0.1) is 11.3 Å². The molecule has 1 amide bonds.